The Morgan fingerprint density at radius 1 is 1.18 bits per heavy atom. The molecule has 0 saturated carbocycles. The fourth-order valence-electron chi connectivity index (χ4n) is 1.67. The number of rotatable bonds is 2. The van der Waals surface area contributed by atoms with Crippen molar-refractivity contribution in [3.05, 3.63) is 46.1 Å². The number of carboxylic acids is 1. The summed E-state index contributed by atoms with van der Waals surface area (Å²) in [6.45, 7) is 0. The minimum atomic E-state index is -0.959. The van der Waals surface area contributed by atoms with Crippen LogP contribution in [-0.2, 0) is 7.05 Å². The van der Waals surface area contributed by atoms with E-state index in [1.165, 1.54) is 0 Å². The van der Waals surface area contributed by atoms with E-state index in [1.807, 2.05) is 0 Å². The molecule has 17 heavy (non-hydrogen) atoms. The van der Waals surface area contributed by atoms with Crippen LogP contribution in [-0.4, -0.2) is 15.6 Å². The second kappa shape index (κ2) is 4.43. The molecule has 0 bridgehead atoms. The van der Waals surface area contributed by atoms with E-state index < -0.39 is 5.97 Å². The van der Waals surface area contributed by atoms with Crippen molar-refractivity contribution in [1.82, 2.24) is 4.57 Å². The molecular formula is C12H9Cl2NO2. The lowest BCUT2D eigenvalue weighted by atomic mass is 10.1. The molecule has 0 spiro atoms. The summed E-state index contributed by atoms with van der Waals surface area (Å²) in [4.78, 5) is 10.9. The summed E-state index contributed by atoms with van der Waals surface area (Å²) in [5.41, 5.74) is 1.83. The van der Waals surface area contributed by atoms with E-state index in [-0.39, 0.29) is 5.69 Å². The van der Waals surface area contributed by atoms with Gasteiger partial charge in [0.05, 0.1) is 10.0 Å². The first-order valence-electron chi connectivity index (χ1n) is 4.85. The van der Waals surface area contributed by atoms with Crippen LogP contribution in [0, 0.1) is 0 Å². The van der Waals surface area contributed by atoms with Gasteiger partial charge in [-0.15, -0.1) is 0 Å². The predicted octanol–water partition coefficient (Wildman–Crippen LogP) is 3.70. The van der Waals surface area contributed by atoms with E-state index >= 15 is 0 Å². The summed E-state index contributed by atoms with van der Waals surface area (Å²) in [5.74, 6) is -0.959. The van der Waals surface area contributed by atoms with Crippen LogP contribution in [0.1, 0.15) is 10.5 Å². The van der Waals surface area contributed by atoms with Crippen molar-refractivity contribution in [2.75, 3.05) is 0 Å². The van der Waals surface area contributed by atoms with Crippen LogP contribution in [0.25, 0.3) is 11.3 Å². The Morgan fingerprint density at radius 2 is 1.88 bits per heavy atom. The first-order chi connectivity index (χ1) is 8.00. The molecule has 1 aromatic carbocycles. The van der Waals surface area contributed by atoms with Crippen molar-refractivity contribution in [1.29, 1.82) is 0 Å². The normalized spacial score (nSPS) is 10.5. The molecule has 0 aliphatic heterocycles. The average molecular weight is 270 g/mol. The van der Waals surface area contributed by atoms with Crippen LogP contribution in [0.15, 0.2) is 30.3 Å². The van der Waals surface area contributed by atoms with Gasteiger partial charge in [-0.2, -0.15) is 0 Å². The zero-order valence-electron chi connectivity index (χ0n) is 8.95. The summed E-state index contributed by atoms with van der Waals surface area (Å²) in [5, 5.41) is 9.88. The van der Waals surface area contributed by atoms with Crippen molar-refractivity contribution < 1.29 is 9.90 Å². The van der Waals surface area contributed by atoms with Gasteiger partial charge in [0.2, 0.25) is 0 Å². The third-order valence-corrected chi connectivity index (χ3v) is 3.30. The standard InChI is InChI=1S/C12H9Cl2NO2/c1-15-10(4-5-11(15)12(16)17)7-2-3-8(13)9(14)6-7/h2-6H,1H3,(H,16,17). The molecule has 3 nitrogen and oxygen atoms in total. The summed E-state index contributed by atoms with van der Waals surface area (Å²) in [6.07, 6.45) is 0. The van der Waals surface area contributed by atoms with Crippen molar-refractivity contribution >= 4 is 29.2 Å². The number of halogens is 2. The van der Waals surface area contributed by atoms with Gasteiger partial charge >= 0.3 is 5.97 Å². The van der Waals surface area contributed by atoms with Gasteiger partial charge in [-0.25, -0.2) is 4.79 Å². The van der Waals surface area contributed by atoms with Gasteiger partial charge in [0.1, 0.15) is 5.69 Å². The molecule has 5 heteroatoms. The number of aromatic nitrogens is 1. The second-order valence-corrected chi connectivity index (χ2v) is 4.41. The smallest absolute Gasteiger partial charge is 0.352 e. The van der Waals surface area contributed by atoms with E-state index in [9.17, 15) is 4.79 Å². The molecule has 1 heterocycles. The van der Waals surface area contributed by atoms with Crippen molar-refractivity contribution in [3.63, 3.8) is 0 Å². The minimum absolute atomic E-state index is 0.228. The molecule has 0 amide bonds. The van der Waals surface area contributed by atoms with Crippen molar-refractivity contribution in [3.8, 4) is 11.3 Å². The highest BCUT2D eigenvalue weighted by atomic mass is 35.5. The maximum Gasteiger partial charge on any atom is 0.352 e. The van der Waals surface area contributed by atoms with E-state index in [2.05, 4.69) is 0 Å². The molecule has 0 radical (unpaired) electrons. The van der Waals surface area contributed by atoms with E-state index in [0.717, 1.165) is 11.3 Å². The maximum absolute atomic E-state index is 10.9. The monoisotopic (exact) mass is 269 g/mol. The molecule has 0 unspecified atom stereocenters. The Balaban J connectivity index is 2.53. The Morgan fingerprint density at radius 3 is 2.41 bits per heavy atom. The van der Waals surface area contributed by atoms with Gasteiger partial charge < -0.3 is 9.67 Å². The molecule has 0 aliphatic carbocycles. The van der Waals surface area contributed by atoms with Crippen LogP contribution in [0.2, 0.25) is 10.0 Å². The van der Waals surface area contributed by atoms with Crippen LogP contribution in [0.4, 0.5) is 0 Å². The predicted molar refractivity (Wildman–Crippen MR) is 67.8 cm³/mol. The molecule has 0 saturated heterocycles. The summed E-state index contributed by atoms with van der Waals surface area (Å²) < 4.78 is 1.60. The number of benzene rings is 1. The molecule has 0 fully saturated rings. The maximum atomic E-state index is 10.9. The first kappa shape index (κ1) is 12.0. The van der Waals surface area contributed by atoms with Crippen LogP contribution < -0.4 is 0 Å². The molecule has 0 aliphatic rings. The van der Waals surface area contributed by atoms with Crippen molar-refractivity contribution in [2.45, 2.75) is 0 Å². The zero-order chi connectivity index (χ0) is 12.6. The van der Waals surface area contributed by atoms with Gasteiger partial charge in [-0.3, -0.25) is 0 Å². The molecule has 1 N–H and O–H groups in total. The Kier molecular flexibility index (Phi) is 3.13. The van der Waals surface area contributed by atoms with Crippen LogP contribution >= 0.6 is 23.2 Å². The number of carbonyl (C=O) groups is 1. The third-order valence-electron chi connectivity index (χ3n) is 2.56. The van der Waals surface area contributed by atoms with Gasteiger partial charge in [0.15, 0.2) is 0 Å². The molecular weight excluding hydrogens is 261 g/mol. The van der Waals surface area contributed by atoms with Gasteiger partial charge in [-0.05, 0) is 29.8 Å². The number of aromatic carboxylic acids is 1. The fourth-order valence-corrected chi connectivity index (χ4v) is 1.97. The lowest BCUT2D eigenvalue weighted by Crippen LogP contribution is -2.04. The first-order valence-corrected chi connectivity index (χ1v) is 5.60. The summed E-state index contributed by atoms with van der Waals surface area (Å²) in [7, 11) is 1.70. The van der Waals surface area contributed by atoms with Gasteiger partial charge in [0, 0.05) is 12.7 Å². The van der Waals surface area contributed by atoms with Crippen LogP contribution in [0.3, 0.4) is 0 Å². The van der Waals surface area contributed by atoms with Crippen LogP contribution in [0.5, 0.6) is 0 Å². The second-order valence-electron chi connectivity index (χ2n) is 3.60. The Bertz CT molecular complexity index is 590. The molecule has 0 atom stereocenters. The van der Waals surface area contributed by atoms with E-state index in [0.29, 0.717) is 10.0 Å². The lowest BCUT2D eigenvalue weighted by molar-refractivity contribution is 0.0687. The molecule has 2 aromatic rings. The highest BCUT2D eigenvalue weighted by Crippen LogP contribution is 2.29. The van der Waals surface area contributed by atoms with Crippen molar-refractivity contribution in [2.24, 2.45) is 7.05 Å². The summed E-state index contributed by atoms with van der Waals surface area (Å²) >= 11 is 11.8. The largest absolute Gasteiger partial charge is 0.477 e. The topological polar surface area (TPSA) is 42.2 Å². The average Bonchev–Trinajstić information content (AvgIpc) is 2.64. The SMILES string of the molecule is Cn1c(C(=O)O)ccc1-c1ccc(Cl)c(Cl)c1. The quantitative estimate of drug-likeness (QED) is 0.904. The third kappa shape index (κ3) is 2.16. The van der Waals surface area contributed by atoms with Gasteiger partial charge in [-0.1, -0.05) is 29.3 Å². The lowest BCUT2D eigenvalue weighted by Gasteiger charge is -2.06. The highest BCUT2D eigenvalue weighted by Gasteiger charge is 2.12. The number of hydrogen-bond acceptors (Lipinski definition) is 1. The number of hydrogen-bond donors (Lipinski definition) is 1. The zero-order valence-corrected chi connectivity index (χ0v) is 10.5. The Hall–Kier alpha value is -1.45. The number of nitrogens with zero attached hydrogens (tertiary/aromatic N) is 1. The van der Waals surface area contributed by atoms with E-state index in [4.69, 9.17) is 28.3 Å². The Labute approximate surface area is 108 Å². The van der Waals surface area contributed by atoms with Gasteiger partial charge in [0.25, 0.3) is 0 Å². The molecule has 2 rings (SSSR count). The number of carboxylic acid groups (broad SMARTS) is 1. The molecule has 88 valence electrons. The molecule has 1 aromatic heterocycles. The summed E-state index contributed by atoms with van der Waals surface area (Å²) in [6, 6.07) is 8.50. The fraction of sp³-hybridized carbons (Fsp3) is 0.0833. The van der Waals surface area contributed by atoms with E-state index in [1.54, 1.807) is 41.9 Å². The minimum Gasteiger partial charge on any atom is -0.477 e. The highest BCUT2D eigenvalue weighted by molar-refractivity contribution is 6.42.